The van der Waals surface area contributed by atoms with E-state index < -0.39 is 11.8 Å². The Balaban J connectivity index is 1.77. The monoisotopic (exact) mass is 212 g/mol. The molecule has 3 aliphatic rings. The van der Waals surface area contributed by atoms with Crippen LogP contribution < -0.4 is 0 Å². The van der Waals surface area contributed by atoms with Crippen LogP contribution in [0.2, 0.25) is 0 Å². The summed E-state index contributed by atoms with van der Waals surface area (Å²) in [5.41, 5.74) is 0. The minimum absolute atomic E-state index is 0.470. The number of hydrogen-bond donors (Lipinski definition) is 0. The number of allylic oxidation sites excluding steroid dienone is 2. The molecule has 84 valence electrons. The van der Waals surface area contributed by atoms with E-state index in [0.717, 1.165) is 31.4 Å². The van der Waals surface area contributed by atoms with Gasteiger partial charge in [0.1, 0.15) is 6.61 Å². The van der Waals surface area contributed by atoms with Gasteiger partial charge < -0.3 is 14.2 Å². The van der Waals surface area contributed by atoms with E-state index in [2.05, 4.69) is 6.08 Å². The predicted octanol–water partition coefficient (Wildman–Crippen LogP) is 1.91. The second kappa shape index (κ2) is 3.20. The van der Waals surface area contributed by atoms with Crippen LogP contribution in [0.3, 0.4) is 0 Å². The van der Waals surface area contributed by atoms with Crippen molar-refractivity contribution in [2.45, 2.75) is 44.4 Å². The lowest BCUT2D eigenvalue weighted by atomic mass is 10.1. The molecule has 2 spiro atoms. The highest BCUT2D eigenvalue weighted by Crippen LogP contribution is 2.44. The molecule has 0 radical (unpaired) electrons. The van der Waals surface area contributed by atoms with Crippen molar-refractivity contribution in [3.05, 3.63) is 11.8 Å². The van der Waals surface area contributed by atoms with Gasteiger partial charge in [-0.3, -0.25) is 4.74 Å². The van der Waals surface area contributed by atoms with Gasteiger partial charge in [0.05, 0.1) is 12.4 Å². The summed E-state index contributed by atoms with van der Waals surface area (Å²) in [5, 5.41) is 0. The number of hydrogen-bond acceptors (Lipinski definition) is 4. The molecule has 0 aromatic carbocycles. The maximum atomic E-state index is 5.90. The van der Waals surface area contributed by atoms with Crippen LogP contribution in [-0.2, 0) is 18.9 Å². The second-order valence-electron chi connectivity index (χ2n) is 4.39. The van der Waals surface area contributed by atoms with E-state index in [9.17, 15) is 0 Å². The van der Waals surface area contributed by atoms with Gasteiger partial charge in [0, 0.05) is 12.8 Å². The van der Waals surface area contributed by atoms with Crippen LogP contribution in [0, 0.1) is 0 Å². The standard InChI is InChI=1S/C11H16O4/c1-9-4-2-5-10(14-9)8-13-11(15-10)6-3-7-12-11/h4H,2-3,5-8H2,1H3. The Morgan fingerprint density at radius 2 is 2.20 bits per heavy atom. The van der Waals surface area contributed by atoms with Gasteiger partial charge in [0.25, 0.3) is 5.97 Å². The molecular formula is C11H16O4. The van der Waals surface area contributed by atoms with Crippen molar-refractivity contribution < 1.29 is 18.9 Å². The summed E-state index contributed by atoms with van der Waals surface area (Å²) >= 11 is 0. The molecular weight excluding hydrogens is 196 g/mol. The normalized spacial score (nSPS) is 44.7. The molecule has 4 nitrogen and oxygen atoms in total. The van der Waals surface area contributed by atoms with E-state index in [0.29, 0.717) is 13.2 Å². The Kier molecular flexibility index (Phi) is 2.06. The van der Waals surface area contributed by atoms with Crippen molar-refractivity contribution in [2.75, 3.05) is 13.2 Å². The first-order valence-corrected chi connectivity index (χ1v) is 5.56. The lowest BCUT2D eigenvalue weighted by Crippen LogP contribution is -2.40. The molecule has 15 heavy (non-hydrogen) atoms. The molecule has 0 aromatic heterocycles. The molecule has 3 aliphatic heterocycles. The van der Waals surface area contributed by atoms with E-state index in [4.69, 9.17) is 18.9 Å². The highest BCUT2D eigenvalue weighted by molar-refractivity contribution is 4.99. The molecule has 2 atom stereocenters. The van der Waals surface area contributed by atoms with Crippen LogP contribution in [0.15, 0.2) is 11.8 Å². The molecule has 3 rings (SSSR count). The van der Waals surface area contributed by atoms with Gasteiger partial charge in [0.2, 0.25) is 5.79 Å². The predicted molar refractivity (Wildman–Crippen MR) is 51.8 cm³/mol. The smallest absolute Gasteiger partial charge is 0.286 e. The number of ether oxygens (including phenoxy) is 4. The molecule has 0 bridgehead atoms. The first-order valence-electron chi connectivity index (χ1n) is 5.56. The van der Waals surface area contributed by atoms with E-state index in [1.54, 1.807) is 0 Å². The summed E-state index contributed by atoms with van der Waals surface area (Å²) in [7, 11) is 0. The topological polar surface area (TPSA) is 36.9 Å². The van der Waals surface area contributed by atoms with E-state index in [1.165, 1.54) is 0 Å². The van der Waals surface area contributed by atoms with Crippen molar-refractivity contribution in [2.24, 2.45) is 0 Å². The Hall–Kier alpha value is -0.580. The summed E-state index contributed by atoms with van der Waals surface area (Å²) in [6.45, 7) is 3.13. The average molecular weight is 212 g/mol. The fourth-order valence-electron chi connectivity index (χ4n) is 2.40. The largest absolute Gasteiger partial charge is 0.465 e. The van der Waals surface area contributed by atoms with Crippen LogP contribution in [0.1, 0.15) is 32.6 Å². The molecule has 0 amide bonds. The molecule has 0 aromatic rings. The van der Waals surface area contributed by atoms with Gasteiger partial charge in [-0.2, -0.15) is 0 Å². The van der Waals surface area contributed by atoms with Crippen LogP contribution in [0.4, 0.5) is 0 Å². The zero-order valence-electron chi connectivity index (χ0n) is 8.95. The van der Waals surface area contributed by atoms with E-state index in [1.807, 2.05) is 6.92 Å². The van der Waals surface area contributed by atoms with Crippen LogP contribution in [0.25, 0.3) is 0 Å². The van der Waals surface area contributed by atoms with Gasteiger partial charge in [0.15, 0.2) is 0 Å². The Morgan fingerprint density at radius 1 is 1.27 bits per heavy atom. The van der Waals surface area contributed by atoms with Gasteiger partial charge >= 0.3 is 0 Å². The fourth-order valence-corrected chi connectivity index (χ4v) is 2.40. The summed E-state index contributed by atoms with van der Waals surface area (Å²) in [6, 6.07) is 0. The Morgan fingerprint density at radius 3 is 2.93 bits per heavy atom. The average Bonchev–Trinajstić information content (AvgIpc) is 2.77. The molecule has 2 saturated heterocycles. The quantitative estimate of drug-likeness (QED) is 0.614. The molecule has 0 N–H and O–H groups in total. The van der Waals surface area contributed by atoms with Crippen molar-refractivity contribution >= 4 is 0 Å². The van der Waals surface area contributed by atoms with Gasteiger partial charge in [-0.25, -0.2) is 0 Å². The molecule has 3 heterocycles. The highest BCUT2D eigenvalue weighted by Gasteiger charge is 2.55. The molecule has 2 unspecified atom stereocenters. The van der Waals surface area contributed by atoms with Gasteiger partial charge in [-0.1, -0.05) is 0 Å². The van der Waals surface area contributed by atoms with Crippen LogP contribution in [-0.4, -0.2) is 25.0 Å². The molecule has 2 fully saturated rings. The minimum Gasteiger partial charge on any atom is -0.465 e. The minimum atomic E-state index is -0.808. The van der Waals surface area contributed by atoms with E-state index in [-0.39, 0.29) is 0 Å². The Bertz CT molecular complexity index is 293. The summed E-state index contributed by atoms with van der Waals surface area (Å²) in [5.74, 6) is -0.485. The van der Waals surface area contributed by atoms with Crippen molar-refractivity contribution in [3.63, 3.8) is 0 Å². The first kappa shape index (κ1) is 9.63. The molecule has 0 aliphatic carbocycles. The summed E-state index contributed by atoms with van der Waals surface area (Å²) in [6.07, 6.45) is 5.70. The fraction of sp³-hybridized carbons (Fsp3) is 0.818. The van der Waals surface area contributed by atoms with E-state index >= 15 is 0 Å². The lowest BCUT2D eigenvalue weighted by molar-refractivity contribution is -0.351. The van der Waals surface area contributed by atoms with Crippen molar-refractivity contribution in [1.29, 1.82) is 0 Å². The third-order valence-corrected chi connectivity index (χ3v) is 3.11. The second-order valence-corrected chi connectivity index (χ2v) is 4.39. The third-order valence-electron chi connectivity index (χ3n) is 3.11. The SMILES string of the molecule is CC1=CCCC2(COC3(CCCO3)O2)O1. The summed E-state index contributed by atoms with van der Waals surface area (Å²) < 4.78 is 22.8. The van der Waals surface area contributed by atoms with Crippen molar-refractivity contribution in [3.8, 4) is 0 Å². The maximum Gasteiger partial charge on any atom is 0.286 e. The van der Waals surface area contributed by atoms with Gasteiger partial charge in [-0.15, -0.1) is 0 Å². The van der Waals surface area contributed by atoms with Gasteiger partial charge in [-0.05, 0) is 25.8 Å². The lowest BCUT2D eigenvalue weighted by Gasteiger charge is -2.32. The highest BCUT2D eigenvalue weighted by atomic mass is 16.9. The summed E-state index contributed by atoms with van der Waals surface area (Å²) in [4.78, 5) is 0. The maximum absolute atomic E-state index is 5.90. The zero-order chi connectivity index (χ0) is 10.4. The molecule has 4 heteroatoms. The van der Waals surface area contributed by atoms with Crippen LogP contribution >= 0.6 is 0 Å². The first-order chi connectivity index (χ1) is 7.22. The molecule has 0 saturated carbocycles. The van der Waals surface area contributed by atoms with Crippen LogP contribution in [0.5, 0.6) is 0 Å². The number of rotatable bonds is 0. The van der Waals surface area contributed by atoms with Crippen molar-refractivity contribution in [1.82, 2.24) is 0 Å². The zero-order valence-corrected chi connectivity index (χ0v) is 8.95. The third kappa shape index (κ3) is 1.57. The Labute approximate surface area is 89.1 Å².